The number of hydrogen-bond acceptors (Lipinski definition) is 3. The number of amides is 1. The molecule has 0 atom stereocenters. The van der Waals surface area contributed by atoms with Gasteiger partial charge in [-0.25, -0.2) is 0 Å². The van der Waals surface area contributed by atoms with Crippen LogP contribution in [0.4, 0.5) is 5.69 Å². The summed E-state index contributed by atoms with van der Waals surface area (Å²) in [5.41, 5.74) is 1.19. The van der Waals surface area contributed by atoms with E-state index in [1.807, 2.05) is 37.3 Å². The Kier molecular flexibility index (Phi) is 4.60. The highest BCUT2D eigenvalue weighted by molar-refractivity contribution is 6.06. The summed E-state index contributed by atoms with van der Waals surface area (Å²) in [5.74, 6) is 1.07. The van der Waals surface area contributed by atoms with Crippen molar-refractivity contribution in [3.8, 4) is 11.5 Å². The van der Waals surface area contributed by atoms with Crippen LogP contribution in [0.25, 0.3) is 0 Å². The van der Waals surface area contributed by atoms with Crippen LogP contribution in [-0.2, 0) is 0 Å². The van der Waals surface area contributed by atoms with Crippen molar-refractivity contribution in [1.29, 1.82) is 0 Å². The van der Waals surface area contributed by atoms with Crippen LogP contribution in [0.1, 0.15) is 17.3 Å². The minimum Gasteiger partial charge on any atom is -0.497 e. The van der Waals surface area contributed by atoms with E-state index in [-0.39, 0.29) is 5.91 Å². The molecule has 2 aromatic rings. The van der Waals surface area contributed by atoms with E-state index in [4.69, 9.17) is 9.47 Å². The first-order valence-corrected chi connectivity index (χ1v) is 6.42. The number of rotatable bonds is 5. The standard InChI is InChI=1S/C16H17NO3/c1-3-20-15-10-5-4-9-14(15)16(18)17-12-7-6-8-13(11-12)19-2/h4-11H,3H2,1-2H3,(H,17,18). The van der Waals surface area contributed by atoms with Crippen LogP contribution in [0.3, 0.4) is 0 Å². The summed E-state index contributed by atoms with van der Waals surface area (Å²) in [6.45, 7) is 2.40. The molecule has 0 aliphatic heterocycles. The minimum atomic E-state index is -0.206. The van der Waals surface area contributed by atoms with Crippen molar-refractivity contribution in [1.82, 2.24) is 0 Å². The Morgan fingerprint density at radius 1 is 1.15 bits per heavy atom. The number of methoxy groups -OCH3 is 1. The fraction of sp³-hybridized carbons (Fsp3) is 0.188. The fourth-order valence-electron chi connectivity index (χ4n) is 1.83. The number of anilines is 1. The van der Waals surface area contributed by atoms with Gasteiger partial charge in [-0.3, -0.25) is 4.79 Å². The SMILES string of the molecule is CCOc1ccccc1C(=O)Nc1cccc(OC)c1. The van der Waals surface area contributed by atoms with Crippen LogP contribution in [0.15, 0.2) is 48.5 Å². The van der Waals surface area contributed by atoms with E-state index in [1.54, 1.807) is 25.3 Å². The van der Waals surface area contributed by atoms with Crippen molar-refractivity contribution in [2.45, 2.75) is 6.92 Å². The van der Waals surface area contributed by atoms with Gasteiger partial charge < -0.3 is 14.8 Å². The second-order valence-electron chi connectivity index (χ2n) is 4.12. The number of ether oxygens (including phenoxy) is 2. The molecule has 0 aromatic heterocycles. The third kappa shape index (κ3) is 3.29. The van der Waals surface area contributed by atoms with Gasteiger partial charge in [-0.2, -0.15) is 0 Å². The molecule has 0 bridgehead atoms. The van der Waals surface area contributed by atoms with E-state index in [9.17, 15) is 4.79 Å². The summed E-state index contributed by atoms with van der Waals surface area (Å²) >= 11 is 0. The Labute approximate surface area is 118 Å². The van der Waals surface area contributed by atoms with E-state index in [0.29, 0.717) is 29.4 Å². The zero-order valence-corrected chi connectivity index (χ0v) is 11.6. The second-order valence-corrected chi connectivity index (χ2v) is 4.12. The molecular weight excluding hydrogens is 254 g/mol. The zero-order chi connectivity index (χ0) is 14.4. The maximum absolute atomic E-state index is 12.3. The molecule has 4 nitrogen and oxygen atoms in total. The first-order chi connectivity index (χ1) is 9.74. The van der Waals surface area contributed by atoms with Crippen molar-refractivity contribution in [3.05, 3.63) is 54.1 Å². The quantitative estimate of drug-likeness (QED) is 0.907. The molecule has 20 heavy (non-hydrogen) atoms. The maximum Gasteiger partial charge on any atom is 0.259 e. The molecule has 0 fully saturated rings. The molecule has 0 radical (unpaired) electrons. The van der Waals surface area contributed by atoms with Gasteiger partial charge in [0.1, 0.15) is 11.5 Å². The molecule has 0 spiro atoms. The van der Waals surface area contributed by atoms with E-state index in [2.05, 4.69) is 5.32 Å². The molecule has 4 heteroatoms. The number of nitrogens with one attached hydrogen (secondary N) is 1. The molecule has 2 rings (SSSR count). The van der Waals surface area contributed by atoms with Gasteiger partial charge >= 0.3 is 0 Å². The van der Waals surface area contributed by atoms with Gasteiger partial charge in [-0.05, 0) is 31.2 Å². The maximum atomic E-state index is 12.3. The van der Waals surface area contributed by atoms with E-state index < -0.39 is 0 Å². The molecule has 0 saturated carbocycles. The minimum absolute atomic E-state index is 0.206. The Hall–Kier alpha value is -2.49. The van der Waals surface area contributed by atoms with Gasteiger partial charge in [0.25, 0.3) is 5.91 Å². The highest BCUT2D eigenvalue weighted by Gasteiger charge is 2.12. The fourth-order valence-corrected chi connectivity index (χ4v) is 1.83. The Balaban J connectivity index is 2.19. The van der Waals surface area contributed by atoms with Gasteiger partial charge in [-0.15, -0.1) is 0 Å². The van der Waals surface area contributed by atoms with Gasteiger partial charge in [0.2, 0.25) is 0 Å². The Morgan fingerprint density at radius 3 is 2.70 bits per heavy atom. The van der Waals surface area contributed by atoms with Crippen LogP contribution in [0.5, 0.6) is 11.5 Å². The predicted molar refractivity (Wildman–Crippen MR) is 78.6 cm³/mol. The second kappa shape index (κ2) is 6.61. The average molecular weight is 271 g/mol. The summed E-state index contributed by atoms with van der Waals surface area (Å²) < 4.78 is 10.6. The largest absolute Gasteiger partial charge is 0.497 e. The van der Waals surface area contributed by atoms with Crippen molar-refractivity contribution < 1.29 is 14.3 Å². The third-order valence-corrected chi connectivity index (χ3v) is 2.76. The summed E-state index contributed by atoms with van der Waals surface area (Å²) in [7, 11) is 1.59. The zero-order valence-electron chi connectivity index (χ0n) is 11.6. The lowest BCUT2D eigenvalue weighted by atomic mass is 10.2. The molecule has 2 aromatic carbocycles. The molecular formula is C16H17NO3. The lowest BCUT2D eigenvalue weighted by Gasteiger charge is -2.11. The molecule has 104 valence electrons. The summed E-state index contributed by atoms with van der Waals surface area (Å²) in [6.07, 6.45) is 0. The third-order valence-electron chi connectivity index (χ3n) is 2.76. The van der Waals surface area contributed by atoms with Crippen LogP contribution in [0, 0.1) is 0 Å². The molecule has 0 aliphatic carbocycles. The first kappa shape index (κ1) is 13.9. The van der Waals surface area contributed by atoms with Crippen molar-refractivity contribution in [2.75, 3.05) is 19.0 Å². The number of carbonyl (C=O) groups excluding carboxylic acids is 1. The number of carbonyl (C=O) groups is 1. The molecule has 0 saturated heterocycles. The Morgan fingerprint density at radius 2 is 1.95 bits per heavy atom. The average Bonchev–Trinajstić information content (AvgIpc) is 2.48. The van der Waals surface area contributed by atoms with Crippen LogP contribution >= 0.6 is 0 Å². The van der Waals surface area contributed by atoms with E-state index in [0.717, 1.165) is 0 Å². The predicted octanol–water partition coefficient (Wildman–Crippen LogP) is 3.35. The van der Waals surface area contributed by atoms with E-state index in [1.165, 1.54) is 0 Å². The van der Waals surface area contributed by atoms with Gasteiger partial charge in [0.15, 0.2) is 0 Å². The van der Waals surface area contributed by atoms with Crippen molar-refractivity contribution >= 4 is 11.6 Å². The molecule has 1 N–H and O–H groups in total. The molecule has 0 heterocycles. The monoisotopic (exact) mass is 271 g/mol. The van der Waals surface area contributed by atoms with Gasteiger partial charge in [-0.1, -0.05) is 18.2 Å². The normalized spacial score (nSPS) is 9.90. The molecule has 0 unspecified atom stereocenters. The first-order valence-electron chi connectivity index (χ1n) is 6.42. The molecule has 1 amide bonds. The van der Waals surface area contributed by atoms with Crippen LogP contribution in [0.2, 0.25) is 0 Å². The number of para-hydroxylation sites is 1. The van der Waals surface area contributed by atoms with Crippen molar-refractivity contribution in [3.63, 3.8) is 0 Å². The topological polar surface area (TPSA) is 47.6 Å². The van der Waals surface area contributed by atoms with Crippen LogP contribution < -0.4 is 14.8 Å². The van der Waals surface area contributed by atoms with E-state index >= 15 is 0 Å². The summed E-state index contributed by atoms with van der Waals surface area (Å²) in [5, 5.41) is 2.83. The highest BCUT2D eigenvalue weighted by atomic mass is 16.5. The van der Waals surface area contributed by atoms with Gasteiger partial charge in [0, 0.05) is 11.8 Å². The van der Waals surface area contributed by atoms with Gasteiger partial charge in [0.05, 0.1) is 19.3 Å². The molecule has 0 aliphatic rings. The lowest BCUT2D eigenvalue weighted by Crippen LogP contribution is -2.13. The summed E-state index contributed by atoms with van der Waals surface area (Å²) in [4.78, 5) is 12.3. The van der Waals surface area contributed by atoms with Crippen molar-refractivity contribution in [2.24, 2.45) is 0 Å². The van der Waals surface area contributed by atoms with Crippen LogP contribution in [-0.4, -0.2) is 19.6 Å². The number of benzene rings is 2. The Bertz CT molecular complexity index is 596. The highest BCUT2D eigenvalue weighted by Crippen LogP contribution is 2.21. The number of hydrogen-bond donors (Lipinski definition) is 1. The smallest absolute Gasteiger partial charge is 0.259 e. The summed E-state index contributed by atoms with van der Waals surface area (Å²) in [6, 6.07) is 14.4. The lowest BCUT2D eigenvalue weighted by molar-refractivity contribution is 0.102.